The fraction of sp³-hybridized carbons (Fsp3) is 0.394. The lowest BCUT2D eigenvalue weighted by molar-refractivity contribution is 0.0254. The smallest absolute Gasteiger partial charge is 0.151 e. The van der Waals surface area contributed by atoms with Crippen LogP contribution in [0.25, 0.3) is 22.2 Å². The van der Waals surface area contributed by atoms with Crippen LogP contribution < -0.4 is 9.47 Å². The first-order valence-corrected chi connectivity index (χ1v) is 15.5. The number of ether oxygens (including phenoxy) is 4. The second-order valence-electron chi connectivity index (χ2n) is 9.87. The van der Waals surface area contributed by atoms with Crippen LogP contribution in [0.2, 0.25) is 0 Å². The number of aromatic nitrogens is 2. The van der Waals surface area contributed by atoms with Crippen molar-refractivity contribution in [2.24, 2.45) is 0 Å². The van der Waals surface area contributed by atoms with Crippen molar-refractivity contribution in [3.05, 3.63) is 72.6 Å². The van der Waals surface area contributed by atoms with Crippen LogP contribution in [-0.4, -0.2) is 72.6 Å². The van der Waals surface area contributed by atoms with Crippen molar-refractivity contribution in [1.82, 2.24) is 13.9 Å². The third-order valence-electron chi connectivity index (χ3n) is 7.19. The van der Waals surface area contributed by atoms with E-state index < -0.39 is 0 Å². The molecule has 42 heavy (non-hydrogen) atoms. The average Bonchev–Trinajstić information content (AvgIpc) is 3.41. The van der Waals surface area contributed by atoms with Crippen LogP contribution in [0.3, 0.4) is 0 Å². The van der Waals surface area contributed by atoms with Gasteiger partial charge < -0.3 is 18.9 Å². The number of hydrogen-bond donors (Lipinski definition) is 0. The first-order chi connectivity index (χ1) is 20.8. The Morgan fingerprint density at radius 2 is 1.76 bits per heavy atom. The van der Waals surface area contributed by atoms with Gasteiger partial charge in [-0.2, -0.15) is 5.26 Å². The largest absolute Gasteiger partial charge is 0.491 e. The van der Waals surface area contributed by atoms with Crippen molar-refractivity contribution in [1.29, 1.82) is 5.26 Å². The highest BCUT2D eigenvalue weighted by Gasteiger charge is 2.19. The number of nitriles is 1. The molecule has 2 aromatic carbocycles. The molecule has 0 bridgehead atoms. The molecule has 0 saturated carbocycles. The van der Waals surface area contributed by atoms with Crippen LogP contribution in [0.5, 0.6) is 11.5 Å². The summed E-state index contributed by atoms with van der Waals surface area (Å²) in [6.45, 7) is 10.2. The Kier molecular flexibility index (Phi) is 10.7. The van der Waals surface area contributed by atoms with Crippen LogP contribution in [-0.2, 0) is 9.47 Å². The Morgan fingerprint density at radius 3 is 2.52 bits per heavy atom. The summed E-state index contributed by atoms with van der Waals surface area (Å²) in [5, 5.41) is 10.9. The molecule has 0 unspecified atom stereocenters. The van der Waals surface area contributed by atoms with Crippen LogP contribution >= 0.6 is 11.9 Å². The summed E-state index contributed by atoms with van der Waals surface area (Å²) in [5.41, 5.74) is 3.27. The van der Waals surface area contributed by atoms with Crippen LogP contribution in [0.4, 0.5) is 0 Å². The predicted molar refractivity (Wildman–Crippen MR) is 166 cm³/mol. The fourth-order valence-electron chi connectivity index (χ4n) is 5.01. The van der Waals surface area contributed by atoms with Gasteiger partial charge in [0.15, 0.2) is 5.65 Å². The molecule has 0 radical (unpaired) electrons. The number of pyridine rings is 1. The molecule has 0 amide bonds. The minimum absolute atomic E-state index is 0.0669. The van der Waals surface area contributed by atoms with Crippen molar-refractivity contribution < 1.29 is 18.9 Å². The van der Waals surface area contributed by atoms with E-state index in [4.69, 9.17) is 23.9 Å². The number of hydrogen-bond acceptors (Lipinski definition) is 8. The molecule has 4 aromatic rings. The standard InChI is InChI=1S/C31H32N4O4S.C2H6/c32-20-24-18-23(6-7-30(24)39-25-8-13-36-14-9-25)29-22-35(40-27-4-2-1-3-5-27)31-28(29)19-26(21-33-31)38-17-12-34-10-15-37-16-11-34;1-2/h1-7,18-19,21-22,25H,8-17H2;1-2H3. The van der Waals surface area contributed by atoms with Gasteiger partial charge >= 0.3 is 0 Å². The summed E-state index contributed by atoms with van der Waals surface area (Å²) < 4.78 is 25.3. The van der Waals surface area contributed by atoms with Crippen molar-refractivity contribution in [3.8, 4) is 28.7 Å². The Bertz CT molecular complexity index is 1470. The van der Waals surface area contributed by atoms with Crippen molar-refractivity contribution in [3.63, 3.8) is 0 Å². The molecule has 9 heteroatoms. The van der Waals surface area contributed by atoms with Gasteiger partial charge in [-0.25, -0.2) is 4.98 Å². The van der Waals surface area contributed by atoms with E-state index in [1.807, 2.05) is 50.2 Å². The highest BCUT2D eigenvalue weighted by molar-refractivity contribution is 7.98. The zero-order chi connectivity index (χ0) is 29.1. The first kappa shape index (κ1) is 29.9. The molecule has 2 aromatic heterocycles. The van der Waals surface area contributed by atoms with Gasteiger partial charge in [-0.15, -0.1) is 0 Å². The van der Waals surface area contributed by atoms with Gasteiger partial charge in [0.1, 0.15) is 30.3 Å². The molecule has 0 spiro atoms. The van der Waals surface area contributed by atoms with E-state index in [1.54, 1.807) is 18.1 Å². The van der Waals surface area contributed by atoms with Crippen molar-refractivity contribution in [2.75, 3.05) is 52.7 Å². The predicted octanol–water partition coefficient (Wildman–Crippen LogP) is 6.43. The summed E-state index contributed by atoms with van der Waals surface area (Å²) in [7, 11) is 0. The Labute approximate surface area is 252 Å². The van der Waals surface area contributed by atoms with Crippen LogP contribution in [0, 0.1) is 11.3 Å². The fourth-order valence-corrected chi connectivity index (χ4v) is 5.91. The summed E-state index contributed by atoms with van der Waals surface area (Å²) >= 11 is 1.60. The van der Waals surface area contributed by atoms with E-state index in [0.29, 0.717) is 31.1 Å². The van der Waals surface area contributed by atoms with Gasteiger partial charge in [-0.3, -0.25) is 8.87 Å². The lowest BCUT2D eigenvalue weighted by Crippen LogP contribution is -2.38. The van der Waals surface area contributed by atoms with Crippen LogP contribution in [0.15, 0.2) is 71.9 Å². The van der Waals surface area contributed by atoms with Gasteiger partial charge in [0.05, 0.1) is 38.2 Å². The summed E-state index contributed by atoms with van der Waals surface area (Å²) in [6, 6.07) is 20.5. The van der Waals surface area contributed by atoms with E-state index >= 15 is 0 Å². The molecular formula is C33H38N4O4S. The molecule has 8 nitrogen and oxygen atoms in total. The highest BCUT2D eigenvalue weighted by Crippen LogP contribution is 2.37. The van der Waals surface area contributed by atoms with E-state index in [0.717, 1.165) is 78.5 Å². The van der Waals surface area contributed by atoms with Gasteiger partial charge in [-0.05, 0) is 47.8 Å². The molecule has 2 saturated heterocycles. The second kappa shape index (κ2) is 15.1. The molecule has 0 N–H and O–H groups in total. The lowest BCUT2D eigenvalue weighted by atomic mass is 10.0. The van der Waals surface area contributed by atoms with Crippen molar-refractivity contribution in [2.45, 2.75) is 37.7 Å². The molecule has 4 heterocycles. The highest BCUT2D eigenvalue weighted by atomic mass is 32.2. The van der Waals surface area contributed by atoms with Crippen LogP contribution in [0.1, 0.15) is 32.3 Å². The average molecular weight is 587 g/mol. The van der Waals surface area contributed by atoms with Gasteiger partial charge in [0.2, 0.25) is 0 Å². The van der Waals surface area contributed by atoms with Gasteiger partial charge in [-0.1, -0.05) is 38.1 Å². The summed E-state index contributed by atoms with van der Waals surface area (Å²) in [5.74, 6) is 1.34. The third kappa shape index (κ3) is 7.44. The van der Waals surface area contributed by atoms with E-state index in [-0.39, 0.29) is 6.10 Å². The number of rotatable bonds is 9. The topological polar surface area (TPSA) is 81.8 Å². The van der Waals surface area contributed by atoms with Gasteiger partial charge in [0.25, 0.3) is 0 Å². The summed E-state index contributed by atoms with van der Waals surface area (Å²) in [4.78, 5) is 8.26. The zero-order valence-corrected chi connectivity index (χ0v) is 25.1. The SMILES string of the molecule is CC.N#Cc1cc(-c2cn(Sc3ccccc3)c3ncc(OCCN4CCOCC4)cc23)ccc1OC1CCOCC1. The monoisotopic (exact) mass is 586 g/mol. The molecule has 0 aliphatic carbocycles. The Morgan fingerprint density at radius 1 is 1.00 bits per heavy atom. The lowest BCUT2D eigenvalue weighted by Gasteiger charge is -2.26. The maximum atomic E-state index is 9.97. The quantitative estimate of drug-likeness (QED) is 0.222. The molecule has 0 atom stereocenters. The van der Waals surface area contributed by atoms with E-state index in [1.165, 1.54) is 0 Å². The number of fused-ring (bicyclic) bond motifs is 1. The first-order valence-electron chi connectivity index (χ1n) is 14.7. The normalized spacial score (nSPS) is 15.9. The summed E-state index contributed by atoms with van der Waals surface area (Å²) in [6.07, 6.45) is 5.60. The maximum absolute atomic E-state index is 9.97. The second-order valence-corrected chi connectivity index (χ2v) is 10.9. The number of morpholine rings is 1. The minimum atomic E-state index is 0.0669. The molecule has 2 aliphatic rings. The molecule has 6 rings (SSSR count). The molecular weight excluding hydrogens is 548 g/mol. The minimum Gasteiger partial charge on any atom is -0.491 e. The van der Waals surface area contributed by atoms with Crippen molar-refractivity contribution >= 4 is 23.0 Å². The van der Waals surface area contributed by atoms with Gasteiger partial charge in [0, 0.05) is 54.5 Å². The molecule has 220 valence electrons. The third-order valence-corrected chi connectivity index (χ3v) is 8.14. The molecule has 2 aliphatic heterocycles. The number of nitrogens with zero attached hydrogens (tertiary/aromatic N) is 4. The van der Waals surface area contributed by atoms with E-state index in [2.05, 4.69) is 39.3 Å². The maximum Gasteiger partial charge on any atom is 0.151 e. The molecule has 2 fully saturated rings. The van der Waals surface area contributed by atoms with E-state index in [9.17, 15) is 5.26 Å². The zero-order valence-electron chi connectivity index (χ0n) is 24.3. The Hall–Kier alpha value is -3.55. The number of benzene rings is 2. The Balaban J connectivity index is 0.00000173.